The Morgan fingerprint density at radius 3 is 2.23 bits per heavy atom. The average Bonchev–Trinajstić information content (AvgIpc) is 2.64. The largest absolute Gasteiger partial charge is 0.366 e. The summed E-state index contributed by atoms with van der Waals surface area (Å²) in [4.78, 5) is 13.6. The molecule has 0 atom stereocenters. The van der Waals surface area contributed by atoms with Gasteiger partial charge in [0.25, 0.3) is 0 Å². The van der Waals surface area contributed by atoms with Gasteiger partial charge in [-0.05, 0) is 42.7 Å². The Morgan fingerprint density at radius 2 is 1.65 bits per heavy atom. The SMILES string of the molecule is NC(=O)c1ccc(S(=O)(=O)NC2CCN(Cc3ccccc3)CC2)cc1. The van der Waals surface area contributed by atoms with Crippen LogP contribution in [0.3, 0.4) is 0 Å². The summed E-state index contributed by atoms with van der Waals surface area (Å²) in [5.41, 5.74) is 6.74. The van der Waals surface area contributed by atoms with Gasteiger partial charge in [0, 0.05) is 31.2 Å². The summed E-state index contributed by atoms with van der Waals surface area (Å²) in [5, 5.41) is 0. The number of carbonyl (C=O) groups is 1. The maximum atomic E-state index is 12.5. The molecule has 3 rings (SSSR count). The normalized spacial score (nSPS) is 16.5. The molecule has 0 saturated carbocycles. The Kier molecular flexibility index (Phi) is 5.70. The Morgan fingerprint density at radius 1 is 1.04 bits per heavy atom. The number of nitrogens with two attached hydrogens (primary N) is 1. The van der Waals surface area contributed by atoms with Gasteiger partial charge in [-0.1, -0.05) is 30.3 Å². The third-order valence-corrected chi connectivity index (χ3v) is 6.14. The van der Waals surface area contributed by atoms with Gasteiger partial charge in [0.2, 0.25) is 15.9 Å². The van der Waals surface area contributed by atoms with Crippen LogP contribution in [-0.4, -0.2) is 38.4 Å². The highest BCUT2D eigenvalue weighted by Gasteiger charge is 2.24. The van der Waals surface area contributed by atoms with Gasteiger partial charge < -0.3 is 5.73 Å². The average molecular weight is 373 g/mol. The van der Waals surface area contributed by atoms with Crippen LogP contribution in [0.4, 0.5) is 0 Å². The molecule has 0 aliphatic carbocycles. The van der Waals surface area contributed by atoms with Crippen molar-refractivity contribution in [2.24, 2.45) is 5.73 Å². The predicted octanol–water partition coefficient (Wildman–Crippen LogP) is 1.73. The second-order valence-corrected chi connectivity index (χ2v) is 8.26. The molecule has 1 saturated heterocycles. The maximum Gasteiger partial charge on any atom is 0.248 e. The molecule has 138 valence electrons. The number of hydrogen-bond acceptors (Lipinski definition) is 4. The molecule has 1 aliphatic heterocycles. The quantitative estimate of drug-likeness (QED) is 0.806. The number of nitrogens with one attached hydrogen (secondary N) is 1. The number of sulfonamides is 1. The van der Waals surface area contributed by atoms with Crippen molar-refractivity contribution in [1.29, 1.82) is 0 Å². The summed E-state index contributed by atoms with van der Waals surface area (Å²) < 4.78 is 27.8. The minimum atomic E-state index is -3.60. The number of carbonyl (C=O) groups excluding carboxylic acids is 1. The fourth-order valence-electron chi connectivity index (χ4n) is 3.14. The minimum Gasteiger partial charge on any atom is -0.366 e. The first-order chi connectivity index (χ1) is 12.4. The molecule has 0 aromatic heterocycles. The first-order valence-electron chi connectivity index (χ1n) is 8.62. The lowest BCUT2D eigenvalue weighted by Gasteiger charge is -2.32. The molecule has 1 heterocycles. The first-order valence-corrected chi connectivity index (χ1v) is 10.1. The zero-order valence-electron chi connectivity index (χ0n) is 14.5. The summed E-state index contributed by atoms with van der Waals surface area (Å²) in [6.07, 6.45) is 1.54. The lowest BCUT2D eigenvalue weighted by molar-refractivity contribution is 0.1000. The topological polar surface area (TPSA) is 92.5 Å². The fourth-order valence-corrected chi connectivity index (χ4v) is 4.44. The molecular formula is C19H23N3O3S. The highest BCUT2D eigenvalue weighted by Crippen LogP contribution is 2.17. The van der Waals surface area contributed by atoms with Crippen LogP contribution >= 0.6 is 0 Å². The summed E-state index contributed by atoms with van der Waals surface area (Å²) in [6, 6.07) is 15.9. The molecule has 0 spiro atoms. The van der Waals surface area contributed by atoms with Crippen molar-refractivity contribution < 1.29 is 13.2 Å². The fraction of sp³-hybridized carbons (Fsp3) is 0.316. The molecule has 2 aromatic rings. The standard InChI is InChI=1S/C19H23N3O3S/c20-19(23)16-6-8-18(9-7-16)26(24,25)21-17-10-12-22(13-11-17)14-15-4-2-1-3-5-15/h1-9,17,21H,10-14H2,(H2,20,23). The highest BCUT2D eigenvalue weighted by molar-refractivity contribution is 7.89. The van der Waals surface area contributed by atoms with E-state index in [1.54, 1.807) is 0 Å². The van der Waals surface area contributed by atoms with Gasteiger partial charge in [-0.25, -0.2) is 13.1 Å². The molecule has 1 amide bonds. The van der Waals surface area contributed by atoms with Crippen molar-refractivity contribution in [2.75, 3.05) is 13.1 Å². The van der Waals surface area contributed by atoms with E-state index in [1.807, 2.05) is 18.2 Å². The van der Waals surface area contributed by atoms with Gasteiger partial charge in [-0.15, -0.1) is 0 Å². The Balaban J connectivity index is 1.55. The van der Waals surface area contributed by atoms with E-state index in [4.69, 9.17) is 5.73 Å². The van der Waals surface area contributed by atoms with Crippen LogP contribution in [0, 0.1) is 0 Å². The molecule has 3 N–H and O–H groups in total. The molecule has 26 heavy (non-hydrogen) atoms. The van der Waals surface area contributed by atoms with Crippen molar-refractivity contribution in [3.05, 3.63) is 65.7 Å². The smallest absolute Gasteiger partial charge is 0.248 e. The number of hydrogen-bond donors (Lipinski definition) is 2. The molecule has 1 aliphatic rings. The van der Waals surface area contributed by atoms with E-state index >= 15 is 0 Å². The Bertz CT molecular complexity index is 843. The van der Waals surface area contributed by atoms with E-state index < -0.39 is 15.9 Å². The number of primary amides is 1. The van der Waals surface area contributed by atoms with Crippen LogP contribution in [-0.2, 0) is 16.6 Å². The van der Waals surface area contributed by atoms with Crippen molar-refractivity contribution in [3.8, 4) is 0 Å². The minimum absolute atomic E-state index is 0.0807. The Hall–Kier alpha value is -2.22. The second-order valence-electron chi connectivity index (χ2n) is 6.55. The number of benzene rings is 2. The number of rotatable bonds is 6. The number of piperidine rings is 1. The van der Waals surface area contributed by atoms with Gasteiger partial charge >= 0.3 is 0 Å². The highest BCUT2D eigenvalue weighted by atomic mass is 32.2. The van der Waals surface area contributed by atoms with Crippen LogP contribution in [0.5, 0.6) is 0 Å². The molecule has 0 radical (unpaired) electrons. The summed E-state index contributed by atoms with van der Waals surface area (Å²) >= 11 is 0. The lowest BCUT2D eigenvalue weighted by Crippen LogP contribution is -2.44. The number of likely N-dealkylation sites (tertiary alicyclic amines) is 1. The van der Waals surface area contributed by atoms with Gasteiger partial charge in [0.1, 0.15) is 0 Å². The molecule has 2 aromatic carbocycles. The van der Waals surface area contributed by atoms with Gasteiger partial charge in [0.05, 0.1) is 4.90 Å². The molecule has 7 heteroatoms. The number of nitrogens with zero attached hydrogens (tertiary/aromatic N) is 1. The zero-order chi connectivity index (χ0) is 18.6. The Labute approximate surface area is 154 Å². The molecule has 1 fully saturated rings. The molecular weight excluding hydrogens is 350 g/mol. The predicted molar refractivity (Wildman–Crippen MR) is 100 cm³/mol. The van der Waals surface area contributed by atoms with E-state index in [0.29, 0.717) is 0 Å². The van der Waals surface area contributed by atoms with Gasteiger partial charge in [0.15, 0.2) is 0 Å². The van der Waals surface area contributed by atoms with Crippen molar-refractivity contribution >= 4 is 15.9 Å². The third-order valence-electron chi connectivity index (χ3n) is 4.61. The monoisotopic (exact) mass is 373 g/mol. The lowest BCUT2D eigenvalue weighted by atomic mass is 10.1. The van der Waals surface area contributed by atoms with Gasteiger partial charge in [-0.3, -0.25) is 9.69 Å². The molecule has 6 nitrogen and oxygen atoms in total. The van der Waals surface area contributed by atoms with Crippen LogP contribution < -0.4 is 10.5 Å². The van der Waals surface area contributed by atoms with Crippen molar-refractivity contribution in [3.63, 3.8) is 0 Å². The first kappa shape index (κ1) is 18.6. The zero-order valence-corrected chi connectivity index (χ0v) is 15.3. The number of amides is 1. The van der Waals surface area contributed by atoms with Crippen LogP contribution in [0.25, 0.3) is 0 Å². The summed E-state index contributed by atoms with van der Waals surface area (Å²) in [7, 11) is -3.60. The van der Waals surface area contributed by atoms with Crippen LogP contribution in [0.15, 0.2) is 59.5 Å². The van der Waals surface area contributed by atoms with Gasteiger partial charge in [-0.2, -0.15) is 0 Å². The van der Waals surface area contributed by atoms with Crippen molar-refractivity contribution in [1.82, 2.24) is 9.62 Å². The molecule has 0 unspecified atom stereocenters. The van der Waals surface area contributed by atoms with E-state index in [-0.39, 0.29) is 16.5 Å². The van der Waals surface area contributed by atoms with Crippen LogP contribution in [0.1, 0.15) is 28.8 Å². The second kappa shape index (κ2) is 7.99. The maximum absolute atomic E-state index is 12.5. The van der Waals surface area contributed by atoms with E-state index in [1.165, 1.54) is 29.8 Å². The summed E-state index contributed by atoms with van der Waals surface area (Å²) in [5.74, 6) is -0.576. The summed E-state index contributed by atoms with van der Waals surface area (Å²) in [6.45, 7) is 2.58. The van der Waals surface area contributed by atoms with E-state index in [2.05, 4.69) is 21.8 Å². The van der Waals surface area contributed by atoms with E-state index in [0.717, 1.165) is 32.5 Å². The van der Waals surface area contributed by atoms with Crippen molar-refractivity contribution in [2.45, 2.75) is 30.3 Å². The molecule has 0 bridgehead atoms. The van der Waals surface area contributed by atoms with E-state index in [9.17, 15) is 13.2 Å². The third kappa shape index (κ3) is 4.69. The van der Waals surface area contributed by atoms with Crippen LogP contribution in [0.2, 0.25) is 0 Å².